The standard InChI is InChI=1S/C14H23N5O4/c1-10-13(19(21)22)14(17(2)16-10)15-11-4-7-18(8-5-11)12(20)6-9-23-3/h11,15H,4-9H2,1-3H3. The second-order valence-corrected chi connectivity index (χ2v) is 5.71. The second-order valence-electron chi connectivity index (χ2n) is 5.71. The molecule has 23 heavy (non-hydrogen) atoms. The molecule has 1 fully saturated rings. The lowest BCUT2D eigenvalue weighted by Gasteiger charge is -2.32. The summed E-state index contributed by atoms with van der Waals surface area (Å²) >= 11 is 0. The van der Waals surface area contributed by atoms with Gasteiger partial charge in [-0.1, -0.05) is 0 Å². The van der Waals surface area contributed by atoms with Crippen LogP contribution in [0.5, 0.6) is 0 Å². The monoisotopic (exact) mass is 325 g/mol. The van der Waals surface area contributed by atoms with Crippen molar-refractivity contribution < 1.29 is 14.5 Å². The normalized spacial score (nSPS) is 15.7. The molecule has 1 aliphatic rings. The first kappa shape index (κ1) is 17.2. The molecule has 1 aromatic rings. The SMILES string of the molecule is COCCC(=O)N1CCC(Nc2c([N+](=O)[O-])c(C)nn2C)CC1. The van der Waals surface area contributed by atoms with Crippen LogP contribution >= 0.6 is 0 Å². The van der Waals surface area contributed by atoms with E-state index in [9.17, 15) is 14.9 Å². The minimum atomic E-state index is -0.409. The topological polar surface area (TPSA) is 103 Å². The maximum Gasteiger partial charge on any atom is 0.333 e. The molecular formula is C14H23N5O4. The number of likely N-dealkylation sites (tertiary alicyclic amines) is 1. The third kappa shape index (κ3) is 3.98. The van der Waals surface area contributed by atoms with Crippen molar-refractivity contribution in [2.45, 2.75) is 32.2 Å². The van der Waals surface area contributed by atoms with Gasteiger partial charge in [0.05, 0.1) is 18.0 Å². The Morgan fingerprint density at radius 1 is 1.48 bits per heavy atom. The van der Waals surface area contributed by atoms with Gasteiger partial charge in [-0.25, -0.2) is 4.68 Å². The molecule has 1 saturated heterocycles. The Morgan fingerprint density at radius 2 is 2.13 bits per heavy atom. The first-order valence-corrected chi connectivity index (χ1v) is 7.65. The Morgan fingerprint density at radius 3 is 2.70 bits per heavy atom. The smallest absolute Gasteiger partial charge is 0.333 e. The number of aryl methyl sites for hydroxylation is 2. The van der Waals surface area contributed by atoms with Gasteiger partial charge in [0.1, 0.15) is 5.69 Å². The number of aromatic nitrogens is 2. The van der Waals surface area contributed by atoms with Crippen LogP contribution in [0.2, 0.25) is 0 Å². The van der Waals surface area contributed by atoms with Crippen LogP contribution < -0.4 is 5.32 Å². The molecular weight excluding hydrogens is 302 g/mol. The van der Waals surface area contributed by atoms with Crippen molar-refractivity contribution in [1.29, 1.82) is 0 Å². The molecule has 1 amide bonds. The first-order valence-electron chi connectivity index (χ1n) is 7.65. The fourth-order valence-corrected chi connectivity index (χ4v) is 2.84. The van der Waals surface area contributed by atoms with Gasteiger partial charge in [-0.05, 0) is 19.8 Å². The predicted molar refractivity (Wildman–Crippen MR) is 84.3 cm³/mol. The summed E-state index contributed by atoms with van der Waals surface area (Å²) in [6.45, 7) is 3.34. The zero-order valence-electron chi connectivity index (χ0n) is 13.7. The molecule has 0 atom stereocenters. The minimum absolute atomic E-state index is 0.0195. The van der Waals surface area contributed by atoms with E-state index in [-0.39, 0.29) is 17.6 Å². The molecule has 0 aliphatic carbocycles. The quantitative estimate of drug-likeness (QED) is 0.620. The van der Waals surface area contributed by atoms with Crippen LogP contribution in [0, 0.1) is 17.0 Å². The van der Waals surface area contributed by atoms with Gasteiger partial charge in [0.25, 0.3) is 0 Å². The highest BCUT2D eigenvalue weighted by molar-refractivity contribution is 5.76. The number of ether oxygens (including phenoxy) is 1. The van der Waals surface area contributed by atoms with Gasteiger partial charge in [-0.3, -0.25) is 14.9 Å². The van der Waals surface area contributed by atoms with Crippen molar-refractivity contribution in [1.82, 2.24) is 14.7 Å². The van der Waals surface area contributed by atoms with Crippen molar-refractivity contribution in [3.05, 3.63) is 15.8 Å². The van der Waals surface area contributed by atoms with Crippen LogP contribution in [-0.2, 0) is 16.6 Å². The molecule has 128 valence electrons. The van der Waals surface area contributed by atoms with Crippen molar-refractivity contribution in [2.24, 2.45) is 7.05 Å². The molecule has 1 N–H and O–H groups in total. The molecule has 0 spiro atoms. The lowest BCUT2D eigenvalue weighted by molar-refractivity contribution is -0.384. The number of anilines is 1. The van der Waals surface area contributed by atoms with Crippen LogP contribution in [0.3, 0.4) is 0 Å². The number of rotatable bonds is 6. The van der Waals surface area contributed by atoms with E-state index in [1.165, 1.54) is 4.68 Å². The molecule has 1 aromatic heterocycles. The van der Waals surface area contributed by atoms with Crippen LogP contribution in [0.1, 0.15) is 25.0 Å². The van der Waals surface area contributed by atoms with Gasteiger partial charge < -0.3 is 15.0 Å². The number of nitro groups is 1. The number of hydrogen-bond donors (Lipinski definition) is 1. The van der Waals surface area contributed by atoms with E-state index in [0.717, 1.165) is 12.8 Å². The Hall–Kier alpha value is -2.16. The van der Waals surface area contributed by atoms with Gasteiger partial charge in [0, 0.05) is 33.3 Å². The summed E-state index contributed by atoms with van der Waals surface area (Å²) in [5.41, 5.74) is 0.415. The van der Waals surface area contributed by atoms with E-state index >= 15 is 0 Å². The first-order chi connectivity index (χ1) is 10.9. The number of amides is 1. The fourth-order valence-electron chi connectivity index (χ4n) is 2.84. The number of nitrogens with one attached hydrogen (secondary N) is 1. The molecule has 0 bridgehead atoms. The summed E-state index contributed by atoms with van der Waals surface area (Å²) in [5, 5.41) is 18.5. The third-order valence-electron chi connectivity index (χ3n) is 4.08. The van der Waals surface area contributed by atoms with E-state index < -0.39 is 4.92 Å². The van der Waals surface area contributed by atoms with Crippen LogP contribution in [0.4, 0.5) is 11.5 Å². The average molecular weight is 325 g/mol. The molecule has 0 radical (unpaired) electrons. The molecule has 0 saturated carbocycles. The highest BCUT2D eigenvalue weighted by Gasteiger charge is 2.28. The number of carbonyl (C=O) groups excluding carboxylic acids is 1. The third-order valence-corrected chi connectivity index (χ3v) is 4.08. The van der Waals surface area contributed by atoms with Gasteiger partial charge in [0.15, 0.2) is 0 Å². The van der Waals surface area contributed by atoms with Crippen LogP contribution in [-0.4, -0.2) is 58.4 Å². The van der Waals surface area contributed by atoms with E-state index in [2.05, 4.69) is 10.4 Å². The van der Waals surface area contributed by atoms with Crippen molar-refractivity contribution in [3.8, 4) is 0 Å². The van der Waals surface area contributed by atoms with E-state index in [1.807, 2.05) is 4.90 Å². The number of piperidine rings is 1. The molecule has 0 aromatic carbocycles. The Balaban J connectivity index is 1.95. The summed E-state index contributed by atoms with van der Waals surface area (Å²) in [4.78, 5) is 24.5. The molecule has 0 unspecified atom stereocenters. The largest absolute Gasteiger partial charge is 0.384 e. The molecule has 9 heteroatoms. The molecule has 2 rings (SSSR count). The predicted octanol–water partition coefficient (Wildman–Crippen LogP) is 1.08. The number of methoxy groups -OCH3 is 1. The zero-order chi connectivity index (χ0) is 17.0. The van der Waals surface area contributed by atoms with Gasteiger partial charge in [-0.15, -0.1) is 0 Å². The van der Waals surface area contributed by atoms with Crippen molar-refractivity contribution >= 4 is 17.4 Å². The Bertz CT molecular complexity index is 578. The molecule has 2 heterocycles. The van der Waals surface area contributed by atoms with Crippen molar-refractivity contribution in [2.75, 3.05) is 32.1 Å². The highest BCUT2D eigenvalue weighted by Crippen LogP contribution is 2.29. The summed E-state index contributed by atoms with van der Waals surface area (Å²) < 4.78 is 6.42. The van der Waals surface area contributed by atoms with Gasteiger partial charge in [-0.2, -0.15) is 5.10 Å². The summed E-state index contributed by atoms with van der Waals surface area (Å²) in [7, 11) is 3.26. The number of hydrogen-bond acceptors (Lipinski definition) is 6. The summed E-state index contributed by atoms with van der Waals surface area (Å²) in [6.07, 6.45) is 1.89. The maximum atomic E-state index is 11.9. The minimum Gasteiger partial charge on any atom is -0.384 e. The van der Waals surface area contributed by atoms with Crippen LogP contribution in [0.15, 0.2) is 0 Å². The second kappa shape index (κ2) is 7.40. The lowest BCUT2D eigenvalue weighted by Crippen LogP contribution is -2.42. The van der Waals surface area contributed by atoms with Crippen molar-refractivity contribution in [3.63, 3.8) is 0 Å². The van der Waals surface area contributed by atoms with Gasteiger partial charge in [0.2, 0.25) is 11.7 Å². The summed E-state index contributed by atoms with van der Waals surface area (Å²) in [5.74, 6) is 0.518. The molecule has 9 nitrogen and oxygen atoms in total. The Kier molecular flexibility index (Phi) is 5.54. The summed E-state index contributed by atoms with van der Waals surface area (Å²) in [6, 6.07) is 0.0926. The molecule has 1 aliphatic heterocycles. The van der Waals surface area contributed by atoms with E-state index in [0.29, 0.717) is 37.6 Å². The lowest BCUT2D eigenvalue weighted by atomic mass is 10.0. The zero-order valence-corrected chi connectivity index (χ0v) is 13.7. The fraction of sp³-hybridized carbons (Fsp3) is 0.714. The average Bonchev–Trinajstić information content (AvgIpc) is 2.79. The maximum absolute atomic E-state index is 11.9. The Labute approximate surface area is 134 Å². The van der Waals surface area contributed by atoms with E-state index in [1.54, 1.807) is 21.1 Å². The van der Waals surface area contributed by atoms with E-state index in [4.69, 9.17) is 4.74 Å². The number of nitrogens with zero attached hydrogens (tertiary/aromatic N) is 4. The van der Waals surface area contributed by atoms with Gasteiger partial charge >= 0.3 is 5.69 Å². The number of carbonyl (C=O) groups is 1. The van der Waals surface area contributed by atoms with Crippen LogP contribution in [0.25, 0.3) is 0 Å². The highest BCUT2D eigenvalue weighted by atomic mass is 16.6.